The number of nitrogens with zero attached hydrogens (tertiary/aromatic N) is 1. The summed E-state index contributed by atoms with van der Waals surface area (Å²) in [5.74, 6) is -0.935. The quantitative estimate of drug-likeness (QED) is 0.117. The lowest BCUT2D eigenvalue weighted by molar-refractivity contribution is -0.251. The third-order valence-electron chi connectivity index (χ3n) is 21.5. The molecule has 5 unspecified atom stereocenters. The van der Waals surface area contributed by atoms with Crippen LogP contribution in [-0.2, 0) is 51.3 Å². The van der Waals surface area contributed by atoms with Gasteiger partial charge in [0.25, 0.3) is 11.8 Å². The van der Waals surface area contributed by atoms with Gasteiger partial charge >= 0.3 is 0 Å². The summed E-state index contributed by atoms with van der Waals surface area (Å²) in [7, 11) is -5.72. The van der Waals surface area contributed by atoms with Gasteiger partial charge in [-0.05, 0) is 135 Å². The molecule has 17 atom stereocenters. The van der Waals surface area contributed by atoms with Crippen LogP contribution in [0.3, 0.4) is 0 Å². The molecule has 0 N–H and O–H groups in total. The van der Waals surface area contributed by atoms with Crippen LogP contribution in [0.5, 0.6) is 0 Å². The van der Waals surface area contributed by atoms with E-state index in [0.29, 0.717) is 56.1 Å². The van der Waals surface area contributed by atoms with E-state index in [1.807, 2.05) is 6.08 Å². The van der Waals surface area contributed by atoms with Crippen molar-refractivity contribution < 1.29 is 60.9 Å². The molecule has 2 amide bonds. The molecule has 9 heterocycles. The largest absolute Gasteiger partial charge is 0.412 e. The Morgan fingerprint density at radius 1 is 0.643 bits per heavy atom. The molecule has 84 heavy (non-hydrogen) atoms. The first kappa shape index (κ1) is 67.1. The minimum absolute atomic E-state index is 0.0169. The molecule has 1 aromatic rings. The summed E-state index contributed by atoms with van der Waals surface area (Å²) >= 11 is 0. The molecule has 0 spiro atoms. The molecule has 9 aliphatic rings. The summed E-state index contributed by atoms with van der Waals surface area (Å²) in [5.41, 5.74) is 2.83. The average molecular weight is 1220 g/mol. The highest BCUT2D eigenvalue weighted by atomic mass is 28.4. The minimum Gasteiger partial charge on any atom is -0.412 e. The van der Waals surface area contributed by atoms with E-state index in [0.717, 1.165) is 30.4 Å². The van der Waals surface area contributed by atoms with Gasteiger partial charge in [-0.15, -0.1) is 0 Å². The highest BCUT2D eigenvalue weighted by Crippen LogP contribution is 2.48. The number of rotatable bonds is 11. The van der Waals surface area contributed by atoms with E-state index in [-0.39, 0.29) is 118 Å². The third kappa shape index (κ3) is 14.9. The van der Waals surface area contributed by atoms with Crippen molar-refractivity contribution in [1.82, 2.24) is 4.90 Å². The van der Waals surface area contributed by atoms with Gasteiger partial charge in [-0.1, -0.05) is 108 Å². The lowest BCUT2D eigenvalue weighted by atomic mass is 9.80. The summed E-state index contributed by atoms with van der Waals surface area (Å²) in [6, 6.07) is 6.97. The number of ether oxygens (including phenoxy) is 6. The summed E-state index contributed by atoms with van der Waals surface area (Å²) in [5, 5.41) is -0.411. The van der Waals surface area contributed by atoms with Crippen LogP contribution in [0.2, 0.25) is 54.4 Å². The molecule has 0 saturated carbocycles. The maximum absolute atomic E-state index is 15.1. The number of hydrogen-bond acceptors (Lipinski definition) is 13. The van der Waals surface area contributed by atoms with E-state index in [1.54, 1.807) is 37.5 Å². The summed E-state index contributed by atoms with van der Waals surface area (Å²) < 4.78 is 64.0. The highest BCUT2D eigenvalue weighted by Gasteiger charge is 2.56. The SMILES string of the molecule is C=C1C[C@@H]2CCC(=O)/C=C/[C@H](O[Si](C)(C)C(C)(C)C)C3O[C@H]4CCC(CC(=O)C[C@H]5[C@H](CC6O[C@@H](CCC1O2)C[C@@H](C)C6=C)OC(C[C@@H](CN1C(=O)c2ccccc2C1=O)O[Si](C)(C)C(C)(C)C)[C@@H]5OC)O[C@@H]4[C@H](C)[C@@H]3O[Si](C)(C)C(C)(C)C. The Kier molecular flexibility index (Phi) is 20.8. The normalized spacial score (nSPS) is 35.4. The predicted molar refractivity (Wildman–Crippen MR) is 337 cm³/mol. The van der Waals surface area contributed by atoms with E-state index in [4.69, 9.17) is 41.7 Å². The van der Waals surface area contributed by atoms with Crippen LogP contribution in [0.15, 0.2) is 60.7 Å². The van der Waals surface area contributed by atoms with Gasteiger partial charge in [0, 0.05) is 51.0 Å². The van der Waals surface area contributed by atoms with Gasteiger partial charge in [0.2, 0.25) is 0 Å². The molecular formula is C67H107NO13Si3. The second-order valence-corrected chi connectivity index (χ2v) is 45.0. The van der Waals surface area contributed by atoms with Gasteiger partial charge in [-0.2, -0.15) is 0 Å². The van der Waals surface area contributed by atoms with Crippen molar-refractivity contribution in [2.45, 2.75) is 293 Å². The standard InChI is InChI=1S/C67H107NO13Si3/c1-40-33-47-28-31-53-41(2)34-46(74-53)27-25-44(69)26-30-55(80-83(17,18)66(8,9)10)62-60(81-84(19,20)67(11,12)13)43(4)59-54(78-62)32-29-48(76-59)35-45(70)36-52-57(38-56(75-47)42(40)3)77-58(61(52)73-14)37-49(79-82(15,16)65(5,6)7)39-68-63(71)50-23-21-22-24-51(50)64(68)72/h21-24,26,30,40,43,46-49,52-62H,2-3,25,27-29,31-39H2,1,4-20H3/b30-26+/t40-,43+,46+,47+,48?,49+,52+,53?,54+,55+,56?,57+,58?,59-,60+,61-,62?/m1/s1. The molecule has 8 bridgehead atoms. The predicted octanol–water partition coefficient (Wildman–Crippen LogP) is 13.7. The number of imide groups is 1. The lowest BCUT2D eigenvalue weighted by Gasteiger charge is -2.54. The fourth-order valence-corrected chi connectivity index (χ4v) is 17.2. The van der Waals surface area contributed by atoms with Crippen molar-refractivity contribution in [3.05, 3.63) is 71.8 Å². The zero-order chi connectivity index (χ0) is 61.8. The number of Topliss-reactive ketones (excluding diaryl/α,β-unsaturated/α-hetero) is 1. The fraction of sp³-hybridized carbons (Fsp3) is 0.761. The van der Waals surface area contributed by atoms with Crippen LogP contribution in [-0.4, -0.2) is 152 Å². The van der Waals surface area contributed by atoms with Crippen LogP contribution < -0.4 is 0 Å². The summed E-state index contributed by atoms with van der Waals surface area (Å²) in [4.78, 5) is 58.4. The second-order valence-electron chi connectivity index (χ2n) is 30.8. The number of fused-ring (bicyclic) bond motifs is 3. The van der Waals surface area contributed by atoms with Gasteiger partial charge in [-0.3, -0.25) is 24.1 Å². The zero-order valence-electron chi connectivity index (χ0n) is 54.6. The van der Waals surface area contributed by atoms with E-state index >= 15 is 4.79 Å². The molecule has 10 rings (SSSR count). The molecule has 0 aromatic heterocycles. The van der Waals surface area contributed by atoms with Gasteiger partial charge in [0.05, 0.1) is 97.0 Å². The van der Waals surface area contributed by atoms with Crippen LogP contribution in [0.4, 0.5) is 0 Å². The van der Waals surface area contributed by atoms with Crippen molar-refractivity contribution in [3.63, 3.8) is 0 Å². The number of allylic oxidation sites excluding steroid dienone is 1. The Balaban J connectivity index is 1.12. The van der Waals surface area contributed by atoms with Crippen molar-refractivity contribution in [2.24, 2.45) is 17.8 Å². The molecule has 0 aliphatic carbocycles. The molecule has 9 aliphatic heterocycles. The first-order valence-corrected chi connectivity index (χ1v) is 40.6. The Bertz CT molecular complexity index is 2560. The summed E-state index contributed by atoms with van der Waals surface area (Å²) in [6.45, 7) is 46.9. The van der Waals surface area contributed by atoms with Gasteiger partial charge < -0.3 is 41.7 Å². The van der Waals surface area contributed by atoms with E-state index in [2.05, 4.69) is 129 Å². The molecule has 14 nitrogen and oxygen atoms in total. The number of amides is 2. The molecule has 470 valence electrons. The molecule has 0 radical (unpaired) electrons. The van der Waals surface area contributed by atoms with E-state index < -0.39 is 67.7 Å². The number of hydrogen-bond donors (Lipinski definition) is 0. The average Bonchev–Trinajstić information content (AvgIpc) is 1.93. The van der Waals surface area contributed by atoms with Crippen molar-refractivity contribution in [3.8, 4) is 0 Å². The van der Waals surface area contributed by atoms with Crippen molar-refractivity contribution >= 4 is 48.3 Å². The van der Waals surface area contributed by atoms with E-state index in [9.17, 15) is 14.4 Å². The number of benzene rings is 1. The second kappa shape index (κ2) is 26.0. The maximum Gasteiger partial charge on any atom is 0.261 e. The first-order chi connectivity index (χ1) is 39.0. The summed E-state index contributed by atoms with van der Waals surface area (Å²) in [6.07, 6.45) is 4.78. The van der Waals surface area contributed by atoms with E-state index in [1.165, 1.54) is 4.90 Å². The lowest BCUT2D eigenvalue weighted by Crippen LogP contribution is -2.64. The zero-order valence-corrected chi connectivity index (χ0v) is 57.6. The first-order valence-electron chi connectivity index (χ1n) is 31.9. The van der Waals surface area contributed by atoms with Gasteiger partial charge in [-0.25, -0.2) is 0 Å². The van der Waals surface area contributed by atoms with Crippen LogP contribution in [0, 0.1) is 17.8 Å². The van der Waals surface area contributed by atoms with Crippen LogP contribution in [0.25, 0.3) is 0 Å². The fourth-order valence-electron chi connectivity index (χ4n) is 13.2. The Morgan fingerprint density at radius 2 is 1.24 bits per heavy atom. The Hall–Kier alpha value is -2.79. The number of ketones is 2. The van der Waals surface area contributed by atoms with Crippen LogP contribution in [0.1, 0.15) is 174 Å². The van der Waals surface area contributed by atoms with Crippen LogP contribution >= 0.6 is 0 Å². The maximum atomic E-state index is 15.1. The minimum atomic E-state index is -2.51. The van der Waals surface area contributed by atoms with Gasteiger partial charge in [0.15, 0.2) is 30.7 Å². The topological polar surface area (TPSA) is 155 Å². The number of methoxy groups -OCH3 is 1. The monoisotopic (exact) mass is 1220 g/mol. The Morgan fingerprint density at radius 3 is 1.86 bits per heavy atom. The molecule has 1 aromatic carbocycles. The Labute approximate surface area is 508 Å². The molecule has 17 heteroatoms. The molecular weight excluding hydrogens is 1110 g/mol. The smallest absolute Gasteiger partial charge is 0.261 e. The van der Waals surface area contributed by atoms with Crippen molar-refractivity contribution in [2.75, 3.05) is 13.7 Å². The van der Waals surface area contributed by atoms with Crippen molar-refractivity contribution in [1.29, 1.82) is 0 Å². The highest BCUT2D eigenvalue weighted by molar-refractivity contribution is 6.75. The molecule has 5 fully saturated rings. The third-order valence-corrected chi connectivity index (χ3v) is 35.0. The molecule has 5 saturated heterocycles. The van der Waals surface area contributed by atoms with Gasteiger partial charge in [0.1, 0.15) is 11.9 Å². The number of carbonyl (C=O) groups excluding carboxylic acids is 4. The number of carbonyl (C=O) groups is 4.